The van der Waals surface area contributed by atoms with E-state index in [4.69, 9.17) is 4.74 Å². The van der Waals surface area contributed by atoms with E-state index in [9.17, 15) is 0 Å². The van der Waals surface area contributed by atoms with Crippen molar-refractivity contribution >= 4 is 11.9 Å². The van der Waals surface area contributed by atoms with Crippen LogP contribution in [0.2, 0.25) is 0 Å². The topological polar surface area (TPSA) is 12.2 Å². The molecule has 0 atom stereocenters. The number of rotatable bonds is 3. The Morgan fingerprint density at radius 1 is 1.00 bits per heavy atom. The number of benzene rings is 2. The van der Waals surface area contributed by atoms with Gasteiger partial charge in [-0.3, -0.25) is 0 Å². The van der Waals surface area contributed by atoms with Crippen LogP contribution in [-0.2, 0) is 11.8 Å². The number of fused-ring (bicyclic) bond motifs is 1. The molecule has 4 saturated carbocycles. The van der Waals surface area contributed by atoms with Crippen molar-refractivity contribution in [3.8, 4) is 5.75 Å². The zero-order valence-electron chi connectivity index (χ0n) is 17.8. The highest BCUT2D eigenvalue weighted by atomic mass is 16.5. The quantitative estimate of drug-likeness (QED) is 0.577. The van der Waals surface area contributed by atoms with Crippen molar-refractivity contribution in [2.45, 2.75) is 64.2 Å². The standard InChI is InChI=1S/C27H32NO/c1-3-22-6-4-5-7-25(22)28-16-23-8-18(2)9-24(26(23)29-17-28)27-13-19-10-20(14-27)12-21(11-19)15-27/h4-9,16,19-21H,3,10-15,17H2,1-2H3/q+1. The maximum atomic E-state index is 6.56. The predicted molar refractivity (Wildman–Crippen MR) is 117 cm³/mol. The molecule has 150 valence electrons. The van der Waals surface area contributed by atoms with Gasteiger partial charge in [-0.05, 0) is 86.7 Å². The summed E-state index contributed by atoms with van der Waals surface area (Å²) in [5.74, 6) is 4.05. The molecule has 7 rings (SSSR count). The van der Waals surface area contributed by atoms with Crippen molar-refractivity contribution in [1.82, 2.24) is 0 Å². The van der Waals surface area contributed by atoms with Gasteiger partial charge in [0.2, 0.25) is 5.69 Å². The van der Waals surface area contributed by atoms with Gasteiger partial charge in [0.15, 0.2) is 6.21 Å². The third-order valence-corrected chi connectivity index (χ3v) is 8.20. The van der Waals surface area contributed by atoms with Crippen molar-refractivity contribution < 1.29 is 9.31 Å². The van der Waals surface area contributed by atoms with Crippen LogP contribution in [0.3, 0.4) is 0 Å². The second kappa shape index (κ2) is 6.45. The molecular formula is C27H32NO+. The Morgan fingerprint density at radius 2 is 1.69 bits per heavy atom. The normalized spacial score (nSPS) is 31.9. The molecule has 0 spiro atoms. The molecule has 1 heterocycles. The van der Waals surface area contributed by atoms with E-state index in [1.807, 2.05) is 0 Å². The Bertz CT molecular complexity index is 966. The number of ether oxygens (including phenoxy) is 1. The Balaban J connectivity index is 1.45. The van der Waals surface area contributed by atoms with E-state index in [1.54, 1.807) is 0 Å². The van der Waals surface area contributed by atoms with Gasteiger partial charge >= 0.3 is 0 Å². The van der Waals surface area contributed by atoms with Gasteiger partial charge in [-0.25, -0.2) is 0 Å². The minimum Gasteiger partial charge on any atom is -0.435 e. The fourth-order valence-electron chi connectivity index (χ4n) is 7.46. The highest BCUT2D eigenvalue weighted by molar-refractivity contribution is 5.83. The number of hydrogen-bond acceptors (Lipinski definition) is 1. The smallest absolute Gasteiger partial charge is 0.292 e. The molecule has 2 aromatic rings. The number of nitrogens with zero attached hydrogens (tertiary/aromatic N) is 1. The first-order chi connectivity index (χ1) is 14.1. The number of para-hydroxylation sites is 1. The van der Waals surface area contributed by atoms with Crippen LogP contribution in [0, 0.1) is 24.7 Å². The second-order valence-electron chi connectivity index (χ2n) is 10.3. The van der Waals surface area contributed by atoms with Crippen LogP contribution >= 0.6 is 0 Å². The second-order valence-corrected chi connectivity index (χ2v) is 10.3. The molecular weight excluding hydrogens is 354 g/mol. The molecule has 0 N–H and O–H groups in total. The monoisotopic (exact) mass is 386 g/mol. The Hall–Kier alpha value is -2.09. The van der Waals surface area contributed by atoms with E-state index in [1.165, 1.54) is 72.2 Å². The van der Waals surface area contributed by atoms with Crippen molar-refractivity contribution in [2.24, 2.45) is 17.8 Å². The summed E-state index contributed by atoms with van der Waals surface area (Å²) < 4.78 is 8.86. The van der Waals surface area contributed by atoms with Crippen LogP contribution in [-0.4, -0.2) is 17.5 Å². The summed E-state index contributed by atoms with van der Waals surface area (Å²) in [6, 6.07) is 13.5. The molecule has 2 aromatic carbocycles. The summed E-state index contributed by atoms with van der Waals surface area (Å²) in [7, 11) is 0. The summed E-state index contributed by atoms with van der Waals surface area (Å²) in [6.45, 7) is 5.11. The van der Waals surface area contributed by atoms with E-state index in [2.05, 4.69) is 61.0 Å². The van der Waals surface area contributed by atoms with E-state index in [0.717, 1.165) is 24.2 Å². The lowest BCUT2D eigenvalue weighted by atomic mass is 9.48. The summed E-state index contributed by atoms with van der Waals surface area (Å²) in [6.07, 6.45) is 12.0. The first-order valence-electron chi connectivity index (χ1n) is 11.6. The first-order valence-corrected chi connectivity index (χ1v) is 11.6. The minimum absolute atomic E-state index is 0.377. The average Bonchev–Trinajstić information content (AvgIpc) is 2.71. The van der Waals surface area contributed by atoms with Gasteiger partial charge in [-0.1, -0.05) is 31.2 Å². The fraction of sp³-hybridized carbons (Fsp3) is 0.519. The van der Waals surface area contributed by atoms with Crippen LogP contribution in [0.1, 0.15) is 67.7 Å². The Labute approximate surface area is 174 Å². The van der Waals surface area contributed by atoms with Crippen molar-refractivity contribution in [1.29, 1.82) is 0 Å². The van der Waals surface area contributed by atoms with Crippen LogP contribution < -0.4 is 4.74 Å². The van der Waals surface area contributed by atoms with Crippen molar-refractivity contribution in [2.75, 3.05) is 6.73 Å². The molecule has 5 aliphatic rings. The highest BCUT2D eigenvalue weighted by Gasteiger charge is 2.53. The van der Waals surface area contributed by atoms with Gasteiger partial charge in [-0.2, -0.15) is 4.58 Å². The summed E-state index contributed by atoms with van der Waals surface area (Å²) in [4.78, 5) is 0. The van der Waals surface area contributed by atoms with Gasteiger partial charge in [0.05, 0.1) is 5.56 Å². The van der Waals surface area contributed by atoms with Gasteiger partial charge < -0.3 is 4.74 Å². The Kier molecular flexibility index (Phi) is 3.95. The van der Waals surface area contributed by atoms with Gasteiger partial charge in [0.1, 0.15) is 5.75 Å². The van der Waals surface area contributed by atoms with Crippen LogP contribution in [0.25, 0.3) is 0 Å². The summed E-state index contributed by atoms with van der Waals surface area (Å²) in [5.41, 5.74) is 7.21. The minimum atomic E-state index is 0.377. The zero-order chi connectivity index (χ0) is 19.6. The predicted octanol–water partition coefficient (Wildman–Crippen LogP) is 6.14. The van der Waals surface area contributed by atoms with Gasteiger partial charge in [0, 0.05) is 17.2 Å². The Morgan fingerprint density at radius 3 is 2.38 bits per heavy atom. The van der Waals surface area contributed by atoms with Crippen molar-refractivity contribution in [3.05, 3.63) is 58.7 Å². The number of hydrogen-bond donors (Lipinski definition) is 0. The van der Waals surface area contributed by atoms with E-state index in [-0.39, 0.29) is 0 Å². The summed E-state index contributed by atoms with van der Waals surface area (Å²) in [5, 5.41) is 0. The molecule has 29 heavy (non-hydrogen) atoms. The van der Waals surface area contributed by atoms with Gasteiger partial charge in [0.25, 0.3) is 6.73 Å². The average molecular weight is 387 g/mol. The van der Waals surface area contributed by atoms with E-state index in [0.29, 0.717) is 12.1 Å². The molecule has 0 aromatic heterocycles. The van der Waals surface area contributed by atoms with Crippen LogP contribution in [0.15, 0.2) is 36.4 Å². The van der Waals surface area contributed by atoms with Crippen molar-refractivity contribution in [3.63, 3.8) is 0 Å². The van der Waals surface area contributed by atoms with E-state index < -0.39 is 0 Å². The molecule has 0 unspecified atom stereocenters. The third-order valence-electron chi connectivity index (χ3n) is 8.20. The lowest BCUT2D eigenvalue weighted by molar-refractivity contribution is -0.476. The lowest BCUT2D eigenvalue weighted by Crippen LogP contribution is -2.49. The molecule has 4 aliphatic carbocycles. The van der Waals surface area contributed by atoms with Gasteiger partial charge in [-0.15, -0.1) is 0 Å². The molecule has 2 heteroatoms. The maximum absolute atomic E-state index is 6.56. The van der Waals surface area contributed by atoms with Crippen LogP contribution in [0.5, 0.6) is 5.75 Å². The molecule has 0 radical (unpaired) electrons. The lowest BCUT2D eigenvalue weighted by Gasteiger charge is -2.57. The first kappa shape index (κ1) is 17.7. The largest absolute Gasteiger partial charge is 0.435 e. The maximum Gasteiger partial charge on any atom is 0.292 e. The zero-order valence-corrected chi connectivity index (χ0v) is 17.8. The summed E-state index contributed by atoms with van der Waals surface area (Å²) >= 11 is 0. The van der Waals surface area contributed by atoms with E-state index >= 15 is 0 Å². The molecule has 1 aliphatic heterocycles. The third kappa shape index (κ3) is 2.79. The molecule has 0 amide bonds. The molecule has 0 saturated heterocycles. The molecule has 4 fully saturated rings. The fourth-order valence-corrected chi connectivity index (χ4v) is 7.46. The highest BCUT2D eigenvalue weighted by Crippen LogP contribution is 2.62. The SMILES string of the molecule is CCc1ccccc1[N+]1=Cc2cc(C)cc(C34CC5CC(CC(C5)C3)C4)c2OC1. The number of aryl methyl sites for hydroxylation is 2. The molecule has 2 nitrogen and oxygen atoms in total. The molecule has 4 bridgehead atoms. The van der Waals surface area contributed by atoms with Crippen LogP contribution in [0.4, 0.5) is 5.69 Å².